The highest BCUT2D eigenvalue weighted by molar-refractivity contribution is 5.96. The normalized spacial score (nSPS) is 10.3. The van der Waals surface area contributed by atoms with Crippen LogP contribution in [0.5, 0.6) is 5.75 Å². The van der Waals surface area contributed by atoms with Gasteiger partial charge in [0, 0.05) is 23.5 Å². The highest BCUT2D eigenvalue weighted by Crippen LogP contribution is 2.16. The molecule has 0 aliphatic heterocycles. The van der Waals surface area contributed by atoms with Crippen molar-refractivity contribution < 1.29 is 14.3 Å². The van der Waals surface area contributed by atoms with Gasteiger partial charge in [0.15, 0.2) is 0 Å². The van der Waals surface area contributed by atoms with E-state index in [4.69, 9.17) is 4.74 Å². The molecule has 0 saturated heterocycles. The molecule has 0 spiro atoms. The van der Waals surface area contributed by atoms with Gasteiger partial charge in [0.1, 0.15) is 5.75 Å². The van der Waals surface area contributed by atoms with Crippen LogP contribution in [0.2, 0.25) is 0 Å². The van der Waals surface area contributed by atoms with Crippen LogP contribution >= 0.6 is 0 Å². The molecule has 0 aliphatic carbocycles. The lowest BCUT2D eigenvalue weighted by Crippen LogP contribution is -2.25. The summed E-state index contributed by atoms with van der Waals surface area (Å²) in [7, 11) is 0. The van der Waals surface area contributed by atoms with Crippen molar-refractivity contribution in [2.24, 2.45) is 0 Å². The third kappa shape index (κ3) is 8.25. The molecular weight excluding hydrogens is 366 g/mol. The lowest BCUT2D eigenvalue weighted by molar-refractivity contribution is -0.114. The Morgan fingerprint density at radius 1 is 0.931 bits per heavy atom. The number of unbranched alkanes of at least 4 members (excludes halogenated alkanes) is 2. The van der Waals surface area contributed by atoms with Gasteiger partial charge in [-0.3, -0.25) is 9.59 Å². The second-order valence-corrected chi connectivity index (χ2v) is 6.82. The van der Waals surface area contributed by atoms with Crippen LogP contribution in [0.15, 0.2) is 48.5 Å². The molecule has 2 amide bonds. The highest BCUT2D eigenvalue weighted by Gasteiger charge is 2.07. The molecule has 6 heteroatoms. The van der Waals surface area contributed by atoms with Gasteiger partial charge >= 0.3 is 0 Å². The molecule has 0 saturated carbocycles. The summed E-state index contributed by atoms with van der Waals surface area (Å²) >= 11 is 0. The van der Waals surface area contributed by atoms with Crippen molar-refractivity contribution in [2.45, 2.75) is 39.5 Å². The van der Waals surface area contributed by atoms with Gasteiger partial charge in [-0.25, -0.2) is 0 Å². The van der Waals surface area contributed by atoms with Gasteiger partial charge in [0.2, 0.25) is 5.91 Å². The largest absolute Gasteiger partial charge is 0.494 e. The third-order valence-electron chi connectivity index (χ3n) is 4.30. The van der Waals surface area contributed by atoms with E-state index < -0.39 is 0 Å². The fourth-order valence-electron chi connectivity index (χ4n) is 2.61. The van der Waals surface area contributed by atoms with E-state index in [1.165, 1.54) is 0 Å². The molecule has 0 heterocycles. The molecule has 0 radical (unpaired) electrons. The molecule has 156 valence electrons. The molecule has 2 aromatic rings. The summed E-state index contributed by atoms with van der Waals surface area (Å²) in [6.07, 6.45) is 4.10. The first-order valence-electron chi connectivity index (χ1n) is 10.3. The van der Waals surface area contributed by atoms with Crippen molar-refractivity contribution in [3.63, 3.8) is 0 Å². The minimum atomic E-state index is -0.164. The number of nitrogens with one attached hydrogen (secondary N) is 3. The topological polar surface area (TPSA) is 79.5 Å². The van der Waals surface area contributed by atoms with Crippen LogP contribution in [0, 0.1) is 0 Å². The third-order valence-corrected chi connectivity index (χ3v) is 4.30. The van der Waals surface area contributed by atoms with E-state index in [2.05, 4.69) is 29.8 Å². The van der Waals surface area contributed by atoms with Crippen LogP contribution in [-0.4, -0.2) is 31.5 Å². The average Bonchev–Trinajstić information content (AvgIpc) is 2.74. The van der Waals surface area contributed by atoms with Gasteiger partial charge in [0.25, 0.3) is 5.91 Å². The van der Waals surface area contributed by atoms with Crippen LogP contribution in [0.25, 0.3) is 0 Å². The molecule has 0 atom stereocenters. The average molecular weight is 398 g/mol. The monoisotopic (exact) mass is 397 g/mol. The number of hydrogen-bond acceptors (Lipinski definition) is 4. The number of ether oxygens (including phenoxy) is 1. The molecule has 0 fully saturated rings. The minimum absolute atomic E-state index is 0.104. The predicted molar refractivity (Wildman–Crippen MR) is 118 cm³/mol. The Labute approximate surface area is 173 Å². The zero-order valence-electron chi connectivity index (χ0n) is 17.3. The Bertz CT molecular complexity index is 775. The number of hydrogen-bond donors (Lipinski definition) is 3. The van der Waals surface area contributed by atoms with Crippen LogP contribution in [0.3, 0.4) is 0 Å². The number of carbonyl (C=O) groups is 2. The molecule has 0 aliphatic rings. The maximum atomic E-state index is 12.2. The first kappa shape index (κ1) is 22.3. The summed E-state index contributed by atoms with van der Waals surface area (Å²) in [6, 6.07) is 14.5. The predicted octanol–water partition coefficient (Wildman–Crippen LogP) is 4.45. The molecule has 0 unspecified atom stereocenters. The standard InChI is InChI=1S/C23H31N3O3/c1-3-5-14-24-23(28)18-8-7-9-20(16-18)25-17-22(27)26-19-10-12-21(13-11-19)29-15-6-4-2/h7-13,16,25H,3-6,14-15,17H2,1-2H3,(H,24,28)(H,26,27). The summed E-state index contributed by atoms with van der Waals surface area (Å²) in [5.41, 5.74) is 2.01. The van der Waals surface area contributed by atoms with Gasteiger partial charge in [-0.15, -0.1) is 0 Å². The summed E-state index contributed by atoms with van der Waals surface area (Å²) in [6.45, 7) is 5.67. The molecule has 0 bridgehead atoms. The summed E-state index contributed by atoms with van der Waals surface area (Å²) < 4.78 is 5.62. The summed E-state index contributed by atoms with van der Waals surface area (Å²) in [5.74, 6) is 0.527. The van der Waals surface area contributed by atoms with Crippen molar-refractivity contribution in [1.82, 2.24) is 5.32 Å². The van der Waals surface area contributed by atoms with Crippen LogP contribution in [0.4, 0.5) is 11.4 Å². The van der Waals surface area contributed by atoms with Gasteiger partial charge in [-0.05, 0) is 55.3 Å². The Morgan fingerprint density at radius 2 is 1.69 bits per heavy atom. The van der Waals surface area contributed by atoms with Crippen molar-refractivity contribution in [2.75, 3.05) is 30.3 Å². The number of amides is 2. The Balaban J connectivity index is 1.80. The smallest absolute Gasteiger partial charge is 0.251 e. The summed E-state index contributed by atoms with van der Waals surface area (Å²) in [5, 5.41) is 8.79. The molecule has 0 aromatic heterocycles. The van der Waals surface area contributed by atoms with Gasteiger partial charge in [-0.2, -0.15) is 0 Å². The van der Waals surface area contributed by atoms with E-state index in [9.17, 15) is 9.59 Å². The fourth-order valence-corrected chi connectivity index (χ4v) is 2.61. The first-order chi connectivity index (χ1) is 14.1. The fraction of sp³-hybridized carbons (Fsp3) is 0.391. The maximum Gasteiger partial charge on any atom is 0.251 e. The second kappa shape index (κ2) is 12.4. The number of anilines is 2. The SMILES string of the molecule is CCCCNC(=O)c1cccc(NCC(=O)Nc2ccc(OCCCC)cc2)c1. The number of rotatable bonds is 12. The number of carbonyl (C=O) groups excluding carboxylic acids is 2. The zero-order valence-corrected chi connectivity index (χ0v) is 17.3. The van der Waals surface area contributed by atoms with Crippen molar-refractivity contribution in [3.05, 3.63) is 54.1 Å². The quantitative estimate of drug-likeness (QED) is 0.463. The zero-order chi connectivity index (χ0) is 20.9. The van der Waals surface area contributed by atoms with Crippen LogP contribution in [-0.2, 0) is 4.79 Å². The minimum Gasteiger partial charge on any atom is -0.494 e. The van der Waals surface area contributed by atoms with Crippen LogP contribution in [0.1, 0.15) is 49.9 Å². The molecule has 6 nitrogen and oxygen atoms in total. The number of benzene rings is 2. The van der Waals surface area contributed by atoms with E-state index in [1.54, 1.807) is 18.2 Å². The molecular formula is C23H31N3O3. The van der Waals surface area contributed by atoms with E-state index in [-0.39, 0.29) is 18.4 Å². The highest BCUT2D eigenvalue weighted by atomic mass is 16.5. The van der Waals surface area contributed by atoms with Gasteiger partial charge in [0.05, 0.1) is 13.2 Å². The van der Waals surface area contributed by atoms with Crippen molar-refractivity contribution >= 4 is 23.2 Å². The van der Waals surface area contributed by atoms with Crippen LogP contribution < -0.4 is 20.7 Å². The van der Waals surface area contributed by atoms with Crippen molar-refractivity contribution in [3.8, 4) is 5.75 Å². The van der Waals surface area contributed by atoms with E-state index >= 15 is 0 Å². The van der Waals surface area contributed by atoms with Gasteiger partial charge in [-0.1, -0.05) is 32.8 Å². The Hall–Kier alpha value is -3.02. The van der Waals surface area contributed by atoms with Crippen molar-refractivity contribution in [1.29, 1.82) is 0 Å². The molecule has 3 N–H and O–H groups in total. The van der Waals surface area contributed by atoms with E-state index in [1.807, 2.05) is 30.3 Å². The Morgan fingerprint density at radius 3 is 2.41 bits per heavy atom. The second-order valence-electron chi connectivity index (χ2n) is 6.82. The molecule has 2 rings (SSSR count). The first-order valence-corrected chi connectivity index (χ1v) is 10.3. The Kier molecular flexibility index (Phi) is 9.55. The molecule has 2 aromatic carbocycles. The maximum absolute atomic E-state index is 12.2. The summed E-state index contributed by atoms with van der Waals surface area (Å²) in [4.78, 5) is 24.3. The lowest BCUT2D eigenvalue weighted by atomic mass is 10.2. The van der Waals surface area contributed by atoms with E-state index in [0.717, 1.165) is 37.1 Å². The molecule has 29 heavy (non-hydrogen) atoms. The van der Waals surface area contributed by atoms with E-state index in [0.29, 0.717) is 24.4 Å². The lowest BCUT2D eigenvalue weighted by Gasteiger charge is -2.10. The van der Waals surface area contributed by atoms with Gasteiger partial charge < -0.3 is 20.7 Å².